The Hall–Kier alpha value is -2.90. The number of hydrogen-bond acceptors (Lipinski definition) is 4. The topological polar surface area (TPSA) is 130 Å². The first-order valence-electron chi connectivity index (χ1n) is 8.03. The zero-order valence-corrected chi connectivity index (χ0v) is 13.7. The Morgan fingerprint density at radius 2 is 1.92 bits per heavy atom. The number of carbonyl (C=O) groups is 4. The van der Waals surface area contributed by atoms with E-state index in [2.05, 4.69) is 5.32 Å². The van der Waals surface area contributed by atoms with Crippen molar-refractivity contribution in [2.75, 3.05) is 6.54 Å². The lowest BCUT2D eigenvalue weighted by Gasteiger charge is -2.25. The molecule has 1 aromatic carbocycles. The van der Waals surface area contributed by atoms with Crippen molar-refractivity contribution in [1.29, 1.82) is 0 Å². The van der Waals surface area contributed by atoms with Crippen LogP contribution in [0, 0.1) is 0 Å². The van der Waals surface area contributed by atoms with Gasteiger partial charge in [-0.3, -0.25) is 14.4 Å². The minimum Gasteiger partial charge on any atom is -0.480 e. The number of hydrogen-bond donors (Lipinski definition) is 3. The zero-order chi connectivity index (χ0) is 18.4. The molecule has 1 aliphatic rings. The first-order chi connectivity index (χ1) is 11.9. The Labute approximate surface area is 145 Å². The van der Waals surface area contributed by atoms with Crippen LogP contribution in [0.1, 0.15) is 24.8 Å². The van der Waals surface area contributed by atoms with Crippen LogP contribution in [0.3, 0.4) is 0 Å². The first kappa shape index (κ1) is 18.4. The molecule has 1 aromatic rings. The number of nitrogens with two attached hydrogens (primary N) is 1. The summed E-state index contributed by atoms with van der Waals surface area (Å²) < 4.78 is 0. The Morgan fingerprint density at radius 1 is 1.24 bits per heavy atom. The van der Waals surface area contributed by atoms with E-state index in [1.54, 1.807) is 0 Å². The summed E-state index contributed by atoms with van der Waals surface area (Å²) in [4.78, 5) is 48.4. The quantitative estimate of drug-likeness (QED) is 0.621. The molecule has 4 N–H and O–H groups in total. The largest absolute Gasteiger partial charge is 0.480 e. The van der Waals surface area contributed by atoms with Gasteiger partial charge in [-0.25, -0.2) is 4.79 Å². The van der Waals surface area contributed by atoms with Gasteiger partial charge < -0.3 is 21.1 Å². The maximum absolute atomic E-state index is 12.5. The molecule has 0 bridgehead atoms. The number of nitrogens with one attached hydrogen (secondary N) is 1. The number of carbonyl (C=O) groups excluding carboxylic acids is 3. The number of primary amides is 1. The Kier molecular flexibility index (Phi) is 6.10. The van der Waals surface area contributed by atoms with Crippen molar-refractivity contribution >= 4 is 23.7 Å². The van der Waals surface area contributed by atoms with E-state index in [1.165, 1.54) is 4.90 Å². The molecule has 0 aromatic heterocycles. The molecular formula is C17H21N3O5. The molecule has 2 atom stereocenters. The van der Waals surface area contributed by atoms with Gasteiger partial charge in [0.2, 0.25) is 17.7 Å². The number of amides is 3. The van der Waals surface area contributed by atoms with Crippen LogP contribution < -0.4 is 11.1 Å². The van der Waals surface area contributed by atoms with E-state index < -0.39 is 36.3 Å². The second-order valence-corrected chi connectivity index (χ2v) is 5.98. The van der Waals surface area contributed by atoms with Gasteiger partial charge in [-0.2, -0.15) is 0 Å². The fourth-order valence-corrected chi connectivity index (χ4v) is 2.88. The molecule has 0 radical (unpaired) electrons. The fraction of sp³-hybridized carbons (Fsp3) is 0.412. The molecule has 1 fully saturated rings. The van der Waals surface area contributed by atoms with E-state index in [1.807, 2.05) is 30.3 Å². The number of aliphatic carboxylic acids is 1. The molecule has 2 rings (SSSR count). The number of benzene rings is 1. The van der Waals surface area contributed by atoms with Gasteiger partial charge in [0, 0.05) is 6.54 Å². The summed E-state index contributed by atoms with van der Waals surface area (Å²) in [6.07, 6.45) is 0.793. The molecule has 8 nitrogen and oxygen atoms in total. The highest BCUT2D eigenvalue weighted by molar-refractivity contribution is 5.92. The van der Waals surface area contributed by atoms with Gasteiger partial charge >= 0.3 is 5.97 Å². The van der Waals surface area contributed by atoms with Gasteiger partial charge in [0.1, 0.15) is 12.1 Å². The third-order valence-electron chi connectivity index (χ3n) is 4.09. The van der Waals surface area contributed by atoms with Crippen LogP contribution in [0.2, 0.25) is 0 Å². The highest BCUT2D eigenvalue weighted by Crippen LogP contribution is 2.19. The number of carboxylic acids is 1. The third kappa shape index (κ3) is 5.03. The van der Waals surface area contributed by atoms with Crippen molar-refractivity contribution in [3.8, 4) is 0 Å². The summed E-state index contributed by atoms with van der Waals surface area (Å²) >= 11 is 0. The third-order valence-corrected chi connectivity index (χ3v) is 4.09. The smallest absolute Gasteiger partial charge is 0.326 e. The van der Waals surface area contributed by atoms with Gasteiger partial charge in [0.15, 0.2) is 0 Å². The summed E-state index contributed by atoms with van der Waals surface area (Å²) in [6.45, 7) is 0.442. The van der Waals surface area contributed by atoms with E-state index in [0.29, 0.717) is 19.4 Å². The van der Waals surface area contributed by atoms with E-state index in [0.717, 1.165) is 5.56 Å². The minimum atomic E-state index is -1.39. The Bertz CT molecular complexity index is 662. The highest BCUT2D eigenvalue weighted by atomic mass is 16.4. The molecule has 1 heterocycles. The summed E-state index contributed by atoms with van der Waals surface area (Å²) in [6, 6.07) is 7.05. The van der Waals surface area contributed by atoms with Gasteiger partial charge in [0.05, 0.1) is 12.8 Å². The summed E-state index contributed by atoms with van der Waals surface area (Å²) in [5.74, 6) is -2.93. The fourth-order valence-electron chi connectivity index (χ4n) is 2.88. The first-order valence-corrected chi connectivity index (χ1v) is 8.03. The average Bonchev–Trinajstić information content (AvgIpc) is 3.04. The molecule has 0 saturated carbocycles. The number of nitrogens with zero attached hydrogens (tertiary/aromatic N) is 1. The van der Waals surface area contributed by atoms with E-state index in [4.69, 9.17) is 10.8 Å². The molecule has 25 heavy (non-hydrogen) atoms. The van der Waals surface area contributed by atoms with Crippen LogP contribution in [0.25, 0.3) is 0 Å². The predicted molar refractivity (Wildman–Crippen MR) is 88.3 cm³/mol. The van der Waals surface area contributed by atoms with Crippen LogP contribution in [0.4, 0.5) is 0 Å². The van der Waals surface area contributed by atoms with Crippen molar-refractivity contribution in [2.45, 2.75) is 37.8 Å². The number of carboxylic acid groups (broad SMARTS) is 1. The summed E-state index contributed by atoms with van der Waals surface area (Å²) in [5.41, 5.74) is 5.85. The molecule has 0 unspecified atom stereocenters. The maximum Gasteiger partial charge on any atom is 0.326 e. The van der Waals surface area contributed by atoms with Crippen molar-refractivity contribution in [1.82, 2.24) is 10.2 Å². The van der Waals surface area contributed by atoms with Crippen molar-refractivity contribution < 1.29 is 24.3 Å². The van der Waals surface area contributed by atoms with Gasteiger partial charge in [-0.1, -0.05) is 30.3 Å². The molecule has 0 spiro atoms. The number of likely N-dealkylation sites (tertiary alicyclic amines) is 1. The lowest BCUT2D eigenvalue weighted by molar-refractivity contribution is -0.145. The molecule has 134 valence electrons. The molecular weight excluding hydrogens is 326 g/mol. The normalized spacial score (nSPS) is 17.8. The molecule has 0 aliphatic carbocycles. The average molecular weight is 347 g/mol. The van der Waals surface area contributed by atoms with Crippen LogP contribution >= 0.6 is 0 Å². The monoisotopic (exact) mass is 347 g/mol. The molecule has 8 heteroatoms. The van der Waals surface area contributed by atoms with Gasteiger partial charge in [-0.15, -0.1) is 0 Å². The van der Waals surface area contributed by atoms with Crippen LogP contribution in [0.5, 0.6) is 0 Å². The van der Waals surface area contributed by atoms with E-state index in [-0.39, 0.29) is 12.3 Å². The number of rotatable bonds is 7. The van der Waals surface area contributed by atoms with Crippen LogP contribution in [-0.2, 0) is 25.6 Å². The lowest BCUT2D eigenvalue weighted by Crippen LogP contribution is -2.52. The van der Waals surface area contributed by atoms with E-state index in [9.17, 15) is 19.2 Å². The van der Waals surface area contributed by atoms with Crippen LogP contribution in [-0.4, -0.2) is 52.3 Å². The van der Waals surface area contributed by atoms with Crippen molar-refractivity contribution in [3.05, 3.63) is 35.9 Å². The Morgan fingerprint density at radius 3 is 2.52 bits per heavy atom. The van der Waals surface area contributed by atoms with E-state index >= 15 is 0 Å². The van der Waals surface area contributed by atoms with Gasteiger partial charge in [0.25, 0.3) is 0 Å². The lowest BCUT2D eigenvalue weighted by atomic mass is 10.1. The SMILES string of the molecule is NC(=O)C[C@H](NC(=O)[C@@H]1CCCN1C(=O)Cc1ccccc1)C(=O)O. The standard InChI is InChI=1S/C17H21N3O5/c18-14(21)10-12(17(24)25)19-16(23)13-7-4-8-20(13)15(22)9-11-5-2-1-3-6-11/h1-3,5-6,12-13H,4,7-10H2,(H2,18,21)(H,19,23)(H,24,25)/t12-,13-/m0/s1. The molecule has 1 aliphatic heterocycles. The van der Waals surface area contributed by atoms with Crippen molar-refractivity contribution in [3.63, 3.8) is 0 Å². The predicted octanol–water partition coefficient (Wildman–Crippen LogP) is -0.335. The molecule has 1 saturated heterocycles. The zero-order valence-electron chi connectivity index (χ0n) is 13.7. The second-order valence-electron chi connectivity index (χ2n) is 5.98. The minimum absolute atomic E-state index is 0.175. The summed E-state index contributed by atoms with van der Waals surface area (Å²) in [5, 5.41) is 11.4. The van der Waals surface area contributed by atoms with Crippen molar-refractivity contribution in [2.24, 2.45) is 5.73 Å². The highest BCUT2D eigenvalue weighted by Gasteiger charge is 2.35. The second kappa shape index (κ2) is 8.27. The summed E-state index contributed by atoms with van der Waals surface area (Å²) in [7, 11) is 0. The van der Waals surface area contributed by atoms with Gasteiger partial charge in [-0.05, 0) is 18.4 Å². The van der Waals surface area contributed by atoms with Crippen LogP contribution in [0.15, 0.2) is 30.3 Å². The maximum atomic E-state index is 12.5. The Balaban J connectivity index is 2.01. The molecule has 3 amide bonds.